The number of carbonyl (C=O) groups excluding carboxylic acids is 2. The third kappa shape index (κ3) is 4.56. The predicted octanol–water partition coefficient (Wildman–Crippen LogP) is 3.62. The lowest BCUT2D eigenvalue weighted by Gasteiger charge is -2.26. The molecule has 1 aromatic carbocycles. The Hall–Kier alpha value is -3.21. The smallest absolute Gasteiger partial charge is 0.283 e. The van der Waals surface area contributed by atoms with Gasteiger partial charge >= 0.3 is 0 Å². The number of fused-ring (bicyclic) bond motifs is 1. The second-order valence-electron chi connectivity index (χ2n) is 8.32. The Morgan fingerprint density at radius 1 is 1.23 bits per heavy atom. The normalized spacial score (nSPS) is 19.2. The number of amidine groups is 2. The number of morpholine rings is 1. The molecule has 9 nitrogen and oxygen atoms in total. The van der Waals surface area contributed by atoms with Gasteiger partial charge in [0.15, 0.2) is 5.84 Å². The minimum atomic E-state index is -0.499. The number of nitrogens with one attached hydrogen (secondary N) is 1. The Balaban J connectivity index is 1.39. The summed E-state index contributed by atoms with van der Waals surface area (Å²) in [5.74, 6) is -0.609. The van der Waals surface area contributed by atoms with Gasteiger partial charge in [-0.1, -0.05) is 11.6 Å². The first kappa shape index (κ1) is 23.5. The Morgan fingerprint density at radius 2 is 1.94 bits per heavy atom. The molecular formula is C24H23ClN6O3S. The fourth-order valence-corrected chi connectivity index (χ4v) is 5.24. The molecule has 4 heterocycles. The van der Waals surface area contributed by atoms with Crippen LogP contribution >= 0.6 is 23.4 Å². The van der Waals surface area contributed by atoms with Crippen LogP contribution in [0.1, 0.15) is 23.4 Å². The standard InChI is InChI=1S/C24H23ClN6O3S/c1-14-11-16(15(2)30(14)18-5-3-17(25)4-6-18)12-19-22(26)31-24(27-23(19)33)35-20(28-31)13-21(32)29-7-9-34-10-8-29/h3-6,11-12,26H,7-10,13H2,1-2H3/b19-12+,26-22?. The summed E-state index contributed by atoms with van der Waals surface area (Å²) in [5, 5.41) is 15.9. The molecule has 35 heavy (non-hydrogen) atoms. The first-order valence-corrected chi connectivity index (χ1v) is 12.3. The molecule has 1 fully saturated rings. The van der Waals surface area contributed by atoms with Crippen molar-refractivity contribution in [3.8, 4) is 5.69 Å². The molecule has 2 aromatic rings. The number of amides is 2. The van der Waals surface area contributed by atoms with Gasteiger partial charge in [-0.05, 0) is 67.6 Å². The predicted molar refractivity (Wildman–Crippen MR) is 137 cm³/mol. The number of aryl methyl sites for hydroxylation is 1. The highest BCUT2D eigenvalue weighted by Gasteiger charge is 2.36. The number of rotatable bonds is 4. The van der Waals surface area contributed by atoms with Crippen LogP contribution in [0.4, 0.5) is 0 Å². The van der Waals surface area contributed by atoms with Crippen molar-refractivity contribution >= 4 is 57.3 Å². The number of thioether (sulfide) groups is 1. The maximum atomic E-state index is 12.8. The van der Waals surface area contributed by atoms with Gasteiger partial charge in [-0.3, -0.25) is 15.0 Å². The van der Waals surface area contributed by atoms with Crippen LogP contribution < -0.4 is 0 Å². The van der Waals surface area contributed by atoms with E-state index in [-0.39, 0.29) is 23.7 Å². The van der Waals surface area contributed by atoms with Crippen LogP contribution in [0.15, 0.2) is 46.0 Å². The van der Waals surface area contributed by atoms with E-state index in [1.54, 1.807) is 11.0 Å². The zero-order chi connectivity index (χ0) is 24.7. The van der Waals surface area contributed by atoms with E-state index in [1.807, 2.05) is 44.2 Å². The fraction of sp³-hybridized carbons (Fsp3) is 0.292. The first-order valence-electron chi connectivity index (χ1n) is 11.1. The molecule has 3 aliphatic rings. The number of hydrogen-bond acceptors (Lipinski definition) is 6. The minimum absolute atomic E-state index is 0.0525. The van der Waals surface area contributed by atoms with Crippen molar-refractivity contribution in [1.29, 1.82) is 5.41 Å². The molecule has 0 spiro atoms. The molecule has 0 aliphatic carbocycles. The van der Waals surface area contributed by atoms with E-state index in [9.17, 15) is 9.59 Å². The highest BCUT2D eigenvalue weighted by atomic mass is 35.5. The molecule has 0 atom stereocenters. The maximum absolute atomic E-state index is 12.8. The summed E-state index contributed by atoms with van der Waals surface area (Å²) >= 11 is 7.19. The van der Waals surface area contributed by atoms with Crippen LogP contribution in [0, 0.1) is 19.3 Å². The van der Waals surface area contributed by atoms with Gasteiger partial charge in [-0.25, -0.2) is 0 Å². The van der Waals surface area contributed by atoms with Crippen molar-refractivity contribution in [2.45, 2.75) is 20.3 Å². The van der Waals surface area contributed by atoms with Gasteiger partial charge in [-0.2, -0.15) is 15.1 Å². The number of nitrogens with zero attached hydrogens (tertiary/aromatic N) is 5. The molecule has 3 aliphatic heterocycles. The number of hydrogen-bond donors (Lipinski definition) is 1. The van der Waals surface area contributed by atoms with Gasteiger partial charge in [0.05, 0.1) is 25.2 Å². The van der Waals surface area contributed by atoms with E-state index in [0.717, 1.165) is 34.4 Å². The lowest BCUT2D eigenvalue weighted by atomic mass is 10.1. The second-order valence-corrected chi connectivity index (χ2v) is 9.80. The van der Waals surface area contributed by atoms with Gasteiger partial charge in [0, 0.05) is 35.2 Å². The molecule has 2 amide bonds. The number of carbonyl (C=O) groups is 2. The molecule has 1 saturated heterocycles. The molecule has 11 heteroatoms. The third-order valence-corrected chi connectivity index (χ3v) is 7.18. The van der Waals surface area contributed by atoms with E-state index in [0.29, 0.717) is 41.5 Å². The average molecular weight is 511 g/mol. The number of benzene rings is 1. The van der Waals surface area contributed by atoms with Crippen LogP contribution in [0.5, 0.6) is 0 Å². The summed E-state index contributed by atoms with van der Waals surface area (Å²) < 4.78 is 7.36. The summed E-state index contributed by atoms with van der Waals surface area (Å²) in [6, 6.07) is 9.48. The lowest BCUT2D eigenvalue weighted by Crippen LogP contribution is -2.41. The van der Waals surface area contributed by atoms with E-state index >= 15 is 0 Å². The summed E-state index contributed by atoms with van der Waals surface area (Å²) in [6.07, 6.45) is 1.78. The third-order valence-electron chi connectivity index (χ3n) is 6.02. The van der Waals surface area contributed by atoms with Crippen molar-refractivity contribution < 1.29 is 14.3 Å². The monoisotopic (exact) mass is 510 g/mol. The number of aromatic nitrogens is 1. The Bertz CT molecular complexity index is 1320. The van der Waals surface area contributed by atoms with Gasteiger partial charge < -0.3 is 14.2 Å². The number of halogens is 1. The molecule has 1 N–H and O–H groups in total. The number of aliphatic imine (C=N–C) groups is 1. The van der Waals surface area contributed by atoms with Crippen molar-refractivity contribution in [2.75, 3.05) is 26.3 Å². The van der Waals surface area contributed by atoms with Crippen molar-refractivity contribution in [1.82, 2.24) is 14.5 Å². The first-order chi connectivity index (χ1) is 16.8. The lowest BCUT2D eigenvalue weighted by molar-refractivity contribution is -0.133. The minimum Gasteiger partial charge on any atom is -0.378 e. The SMILES string of the molecule is Cc1cc(/C=C2\C(=N)N3N=C(CC(=O)N4CCOCC4)SC3=NC2=O)c(C)n1-c1ccc(Cl)cc1. The molecule has 0 unspecified atom stereocenters. The van der Waals surface area contributed by atoms with Gasteiger partial charge in [0.2, 0.25) is 11.1 Å². The van der Waals surface area contributed by atoms with Crippen LogP contribution in [0.2, 0.25) is 5.02 Å². The topological polar surface area (TPSA) is 103 Å². The highest BCUT2D eigenvalue weighted by molar-refractivity contribution is 8.27. The largest absolute Gasteiger partial charge is 0.378 e. The maximum Gasteiger partial charge on any atom is 0.283 e. The Kier molecular flexibility index (Phi) is 6.35. The highest BCUT2D eigenvalue weighted by Crippen LogP contribution is 2.31. The van der Waals surface area contributed by atoms with Crippen LogP contribution in [0.25, 0.3) is 11.8 Å². The summed E-state index contributed by atoms with van der Waals surface area (Å²) in [7, 11) is 0. The Morgan fingerprint density at radius 3 is 2.66 bits per heavy atom. The quantitative estimate of drug-likeness (QED) is 0.633. The second kappa shape index (κ2) is 9.44. The van der Waals surface area contributed by atoms with Gasteiger partial charge in [-0.15, -0.1) is 0 Å². The number of hydrazone groups is 1. The molecule has 5 rings (SSSR count). The van der Waals surface area contributed by atoms with Gasteiger partial charge in [0.25, 0.3) is 5.91 Å². The average Bonchev–Trinajstić information content (AvgIpc) is 3.37. The van der Waals surface area contributed by atoms with Crippen molar-refractivity contribution in [3.05, 3.63) is 57.9 Å². The molecular weight excluding hydrogens is 488 g/mol. The van der Waals surface area contributed by atoms with E-state index < -0.39 is 5.91 Å². The number of ether oxygens (including phenoxy) is 1. The van der Waals surface area contributed by atoms with Gasteiger partial charge in [0.1, 0.15) is 5.04 Å². The van der Waals surface area contributed by atoms with Crippen LogP contribution in [0.3, 0.4) is 0 Å². The Labute approximate surface area is 211 Å². The zero-order valence-electron chi connectivity index (χ0n) is 19.2. The fourth-order valence-electron chi connectivity index (χ4n) is 4.23. The summed E-state index contributed by atoms with van der Waals surface area (Å²) in [4.78, 5) is 31.3. The molecule has 1 aromatic heterocycles. The van der Waals surface area contributed by atoms with E-state index in [4.69, 9.17) is 21.7 Å². The summed E-state index contributed by atoms with van der Waals surface area (Å²) in [6.45, 7) is 6.09. The molecule has 0 saturated carbocycles. The van der Waals surface area contributed by atoms with Crippen molar-refractivity contribution in [3.63, 3.8) is 0 Å². The zero-order valence-corrected chi connectivity index (χ0v) is 20.8. The van der Waals surface area contributed by atoms with E-state index in [2.05, 4.69) is 14.7 Å². The van der Waals surface area contributed by atoms with Crippen LogP contribution in [-0.4, -0.2) is 68.6 Å². The molecule has 180 valence electrons. The summed E-state index contributed by atoms with van der Waals surface area (Å²) in [5.41, 5.74) is 3.81. The van der Waals surface area contributed by atoms with E-state index in [1.165, 1.54) is 5.01 Å². The van der Waals surface area contributed by atoms with Crippen LogP contribution in [-0.2, 0) is 14.3 Å². The molecule has 0 radical (unpaired) electrons. The van der Waals surface area contributed by atoms with Crippen molar-refractivity contribution in [2.24, 2.45) is 10.1 Å². The molecule has 0 bridgehead atoms.